The zero-order chi connectivity index (χ0) is 20.1. The van der Waals surface area contributed by atoms with Gasteiger partial charge in [-0.1, -0.05) is 42.5 Å². The Balaban J connectivity index is 1.44. The van der Waals surface area contributed by atoms with Crippen LogP contribution in [0.5, 0.6) is 0 Å². The van der Waals surface area contributed by atoms with Crippen molar-refractivity contribution in [2.45, 2.75) is 4.90 Å². The number of anilines is 1. The Hall–Kier alpha value is -2.59. The molecule has 2 aromatic carbocycles. The minimum atomic E-state index is -3.49. The summed E-state index contributed by atoms with van der Waals surface area (Å²) >= 11 is 1.44. The third kappa shape index (κ3) is 4.70. The van der Waals surface area contributed by atoms with E-state index in [4.69, 9.17) is 4.74 Å². The highest BCUT2D eigenvalue weighted by atomic mass is 32.2. The second kappa shape index (κ2) is 8.83. The first-order chi connectivity index (χ1) is 14.1. The molecule has 0 amide bonds. The molecule has 1 aliphatic heterocycles. The van der Waals surface area contributed by atoms with Crippen LogP contribution in [0.3, 0.4) is 0 Å². The first kappa shape index (κ1) is 19.7. The smallest absolute Gasteiger partial charge is 0.243 e. The molecule has 1 fully saturated rings. The summed E-state index contributed by atoms with van der Waals surface area (Å²) in [5, 5.41) is 6.77. The molecule has 9 heteroatoms. The lowest BCUT2D eigenvalue weighted by atomic mass is 10.2. The summed E-state index contributed by atoms with van der Waals surface area (Å²) in [5.74, 6) is 0. The molecule has 0 aliphatic carbocycles. The van der Waals surface area contributed by atoms with Gasteiger partial charge in [-0.3, -0.25) is 5.43 Å². The maximum atomic E-state index is 12.7. The van der Waals surface area contributed by atoms with E-state index in [9.17, 15) is 8.42 Å². The number of hydrogen-bond donors (Lipinski definition) is 1. The van der Waals surface area contributed by atoms with E-state index in [-0.39, 0.29) is 4.90 Å². The quantitative estimate of drug-likeness (QED) is 0.481. The Kier molecular flexibility index (Phi) is 6.00. The molecule has 7 nitrogen and oxygen atoms in total. The number of benzene rings is 2. The summed E-state index contributed by atoms with van der Waals surface area (Å²) in [5.41, 5.74) is 5.53. The summed E-state index contributed by atoms with van der Waals surface area (Å²) in [7, 11) is -3.49. The molecular weight excluding hydrogens is 408 g/mol. The molecule has 4 rings (SSSR count). The van der Waals surface area contributed by atoms with E-state index >= 15 is 0 Å². The van der Waals surface area contributed by atoms with Crippen LogP contribution in [-0.2, 0) is 14.8 Å². The summed E-state index contributed by atoms with van der Waals surface area (Å²) < 4.78 is 32.1. The fraction of sp³-hybridized carbons (Fsp3) is 0.200. The Bertz CT molecular complexity index is 1070. The SMILES string of the molecule is O=S(=O)(c1ccc(-c2csc(NN=Cc3ccccc3)n2)cc1)N1CCOCC1. The van der Waals surface area contributed by atoms with Crippen molar-refractivity contribution in [1.29, 1.82) is 0 Å². The average molecular weight is 429 g/mol. The predicted octanol–water partition coefficient (Wildman–Crippen LogP) is 3.28. The van der Waals surface area contributed by atoms with Crippen molar-refractivity contribution in [2.75, 3.05) is 31.7 Å². The molecule has 0 bridgehead atoms. The van der Waals surface area contributed by atoms with Gasteiger partial charge in [-0.05, 0) is 17.7 Å². The van der Waals surface area contributed by atoms with Gasteiger partial charge in [0.1, 0.15) is 0 Å². The second-order valence-electron chi connectivity index (χ2n) is 6.36. The number of morpholine rings is 1. The summed E-state index contributed by atoms with van der Waals surface area (Å²) in [6, 6.07) is 16.6. The Labute approximate surface area is 173 Å². The molecule has 2 heterocycles. The lowest BCUT2D eigenvalue weighted by molar-refractivity contribution is 0.0730. The Morgan fingerprint density at radius 3 is 2.52 bits per heavy atom. The molecule has 0 spiro atoms. The van der Waals surface area contributed by atoms with E-state index < -0.39 is 10.0 Å². The first-order valence-electron chi connectivity index (χ1n) is 9.11. The summed E-state index contributed by atoms with van der Waals surface area (Å²) in [4.78, 5) is 4.79. The van der Waals surface area contributed by atoms with E-state index in [0.29, 0.717) is 31.4 Å². The van der Waals surface area contributed by atoms with Gasteiger partial charge in [0.05, 0.1) is 30.0 Å². The lowest BCUT2D eigenvalue weighted by Crippen LogP contribution is -2.40. The van der Waals surface area contributed by atoms with E-state index in [2.05, 4.69) is 15.5 Å². The van der Waals surface area contributed by atoms with Gasteiger partial charge in [-0.15, -0.1) is 11.3 Å². The minimum Gasteiger partial charge on any atom is -0.379 e. The molecule has 29 heavy (non-hydrogen) atoms. The van der Waals surface area contributed by atoms with Crippen LogP contribution in [0.4, 0.5) is 5.13 Å². The maximum Gasteiger partial charge on any atom is 0.243 e. The van der Waals surface area contributed by atoms with Crippen LogP contribution in [0.1, 0.15) is 5.56 Å². The number of aromatic nitrogens is 1. The number of thiazole rings is 1. The Morgan fingerprint density at radius 2 is 1.79 bits per heavy atom. The van der Waals surface area contributed by atoms with Crippen LogP contribution >= 0.6 is 11.3 Å². The van der Waals surface area contributed by atoms with Gasteiger partial charge in [0.25, 0.3) is 0 Å². The predicted molar refractivity (Wildman–Crippen MR) is 115 cm³/mol. The number of hydrazone groups is 1. The van der Waals surface area contributed by atoms with E-state index in [1.807, 2.05) is 35.7 Å². The van der Waals surface area contributed by atoms with Gasteiger partial charge in [0.2, 0.25) is 15.2 Å². The highest BCUT2D eigenvalue weighted by molar-refractivity contribution is 7.89. The molecular formula is C20H20N4O3S2. The molecule has 0 radical (unpaired) electrons. The van der Waals surface area contributed by atoms with Gasteiger partial charge in [0, 0.05) is 24.0 Å². The molecule has 1 aliphatic rings. The number of nitrogens with zero attached hydrogens (tertiary/aromatic N) is 3. The van der Waals surface area contributed by atoms with E-state index in [1.165, 1.54) is 15.6 Å². The number of ether oxygens (including phenoxy) is 1. The van der Waals surface area contributed by atoms with Gasteiger partial charge in [-0.25, -0.2) is 13.4 Å². The van der Waals surface area contributed by atoms with E-state index in [1.54, 1.807) is 30.5 Å². The highest BCUT2D eigenvalue weighted by Gasteiger charge is 2.26. The van der Waals surface area contributed by atoms with Crippen molar-refractivity contribution in [2.24, 2.45) is 5.10 Å². The first-order valence-corrected chi connectivity index (χ1v) is 11.4. The monoisotopic (exact) mass is 428 g/mol. The van der Waals surface area contributed by atoms with Gasteiger partial charge < -0.3 is 4.74 Å². The average Bonchev–Trinajstić information content (AvgIpc) is 3.24. The Morgan fingerprint density at radius 1 is 1.07 bits per heavy atom. The number of sulfonamides is 1. The zero-order valence-electron chi connectivity index (χ0n) is 15.6. The van der Waals surface area contributed by atoms with Crippen LogP contribution in [0.15, 0.2) is 70.0 Å². The van der Waals surface area contributed by atoms with Crippen LogP contribution in [0, 0.1) is 0 Å². The minimum absolute atomic E-state index is 0.282. The van der Waals surface area contributed by atoms with Crippen LogP contribution in [-0.4, -0.2) is 50.2 Å². The van der Waals surface area contributed by atoms with Gasteiger partial charge in [0.15, 0.2) is 0 Å². The molecule has 1 aromatic heterocycles. The van der Waals surface area contributed by atoms with Crippen molar-refractivity contribution < 1.29 is 13.2 Å². The summed E-state index contributed by atoms with van der Waals surface area (Å²) in [6.07, 6.45) is 1.73. The second-order valence-corrected chi connectivity index (χ2v) is 9.16. The van der Waals surface area contributed by atoms with Crippen LogP contribution in [0.2, 0.25) is 0 Å². The molecule has 0 atom stereocenters. The maximum absolute atomic E-state index is 12.7. The largest absolute Gasteiger partial charge is 0.379 e. The van der Waals surface area contributed by atoms with Gasteiger partial charge in [-0.2, -0.15) is 9.41 Å². The van der Waals surface area contributed by atoms with E-state index in [0.717, 1.165) is 16.8 Å². The topological polar surface area (TPSA) is 83.9 Å². The summed E-state index contributed by atoms with van der Waals surface area (Å²) in [6.45, 7) is 1.63. The van der Waals surface area contributed by atoms with Crippen molar-refractivity contribution >= 4 is 32.7 Å². The molecule has 0 unspecified atom stereocenters. The van der Waals surface area contributed by atoms with Crippen molar-refractivity contribution in [3.05, 3.63) is 65.5 Å². The third-order valence-electron chi connectivity index (χ3n) is 4.44. The third-order valence-corrected chi connectivity index (χ3v) is 7.10. The molecule has 3 aromatic rings. The standard InChI is InChI=1S/C20H20N4O3S2/c25-29(26,24-10-12-27-13-11-24)18-8-6-17(7-9-18)19-15-28-20(22-19)23-21-14-16-4-2-1-3-5-16/h1-9,14-15H,10-13H2,(H,22,23). The lowest BCUT2D eigenvalue weighted by Gasteiger charge is -2.26. The molecule has 1 saturated heterocycles. The zero-order valence-corrected chi connectivity index (χ0v) is 17.2. The van der Waals surface area contributed by atoms with Crippen LogP contribution < -0.4 is 5.43 Å². The van der Waals surface area contributed by atoms with Gasteiger partial charge >= 0.3 is 0 Å². The van der Waals surface area contributed by atoms with Crippen molar-refractivity contribution in [1.82, 2.24) is 9.29 Å². The fourth-order valence-electron chi connectivity index (χ4n) is 2.89. The molecule has 0 saturated carbocycles. The van der Waals surface area contributed by atoms with Crippen LogP contribution in [0.25, 0.3) is 11.3 Å². The highest BCUT2D eigenvalue weighted by Crippen LogP contribution is 2.27. The number of hydrogen-bond acceptors (Lipinski definition) is 7. The van der Waals surface area contributed by atoms with Crippen molar-refractivity contribution in [3.63, 3.8) is 0 Å². The number of nitrogens with one attached hydrogen (secondary N) is 1. The normalized spacial score (nSPS) is 15.6. The fourth-order valence-corrected chi connectivity index (χ4v) is 4.97. The number of rotatable bonds is 6. The molecule has 1 N–H and O–H groups in total. The molecule has 150 valence electrons. The van der Waals surface area contributed by atoms with Crippen molar-refractivity contribution in [3.8, 4) is 11.3 Å².